The molecule has 210 valence electrons. The van der Waals surface area contributed by atoms with Gasteiger partial charge in [-0.15, -0.1) is 5.10 Å². The molecule has 3 aliphatic rings. The number of benzene rings is 1. The van der Waals surface area contributed by atoms with Crippen LogP contribution in [-0.2, 0) is 37.9 Å². The summed E-state index contributed by atoms with van der Waals surface area (Å²) in [5, 5.41) is 11.3. The van der Waals surface area contributed by atoms with Crippen LogP contribution in [0.1, 0.15) is 41.0 Å². The fourth-order valence-electron chi connectivity index (χ4n) is 5.60. The number of carbonyl (C=O) groups excluding carboxylic acids is 2. The largest absolute Gasteiger partial charge is 0.489 e. The Labute approximate surface area is 231 Å². The van der Waals surface area contributed by atoms with Crippen molar-refractivity contribution in [3.63, 3.8) is 0 Å². The molecule has 2 aromatic heterocycles. The highest BCUT2D eigenvalue weighted by Crippen LogP contribution is 2.46. The molecule has 1 N–H and O–H groups in total. The quantitative estimate of drug-likeness (QED) is 0.493. The third-order valence-corrected chi connectivity index (χ3v) is 9.05. The van der Waals surface area contributed by atoms with Gasteiger partial charge in [0.1, 0.15) is 12.3 Å². The van der Waals surface area contributed by atoms with Crippen molar-refractivity contribution in [2.45, 2.75) is 54.9 Å². The summed E-state index contributed by atoms with van der Waals surface area (Å²) in [5.74, 6) is -0.110. The maximum atomic E-state index is 14.0. The molecule has 2 fully saturated rings. The number of pyridine rings is 1. The molecule has 2 bridgehead atoms. The Morgan fingerprint density at radius 2 is 1.95 bits per heavy atom. The Bertz CT molecular complexity index is 1530. The number of sulfone groups is 1. The van der Waals surface area contributed by atoms with Crippen LogP contribution in [0.15, 0.2) is 53.7 Å². The first-order valence-corrected chi connectivity index (χ1v) is 15.1. The Balaban J connectivity index is 1.27. The molecule has 0 spiro atoms. The third kappa shape index (κ3) is 4.94. The molecule has 6 rings (SSSR count). The lowest BCUT2D eigenvalue weighted by Gasteiger charge is -2.43. The summed E-state index contributed by atoms with van der Waals surface area (Å²) in [6.07, 6.45) is 6.22. The van der Waals surface area contributed by atoms with Gasteiger partial charge >= 0.3 is 0 Å². The van der Waals surface area contributed by atoms with Crippen molar-refractivity contribution in [1.29, 1.82) is 0 Å². The van der Waals surface area contributed by atoms with E-state index < -0.39 is 33.3 Å². The fourth-order valence-corrected chi connectivity index (χ4v) is 6.23. The number of likely N-dealkylation sites (tertiary alicyclic amines) is 1. The molecule has 4 heterocycles. The SMILES string of the molecule is CS(=O)(=O)c1ccc(C2(C(=O)N3C[C@@H]4NC(=O)c5ncccc5OCCn5cc(nn5)CO[C@H]4C3)CCC2)cc1. The number of hydrogen-bond donors (Lipinski definition) is 1. The molecular weight excluding hydrogens is 536 g/mol. The monoisotopic (exact) mass is 566 g/mol. The second-order valence-corrected chi connectivity index (χ2v) is 12.6. The van der Waals surface area contributed by atoms with Crippen molar-refractivity contribution >= 4 is 21.7 Å². The van der Waals surface area contributed by atoms with E-state index in [4.69, 9.17) is 9.47 Å². The van der Waals surface area contributed by atoms with Gasteiger partial charge in [-0.05, 0) is 42.7 Å². The molecule has 0 radical (unpaired) electrons. The van der Waals surface area contributed by atoms with Crippen LogP contribution in [0, 0.1) is 0 Å². The van der Waals surface area contributed by atoms with Crippen LogP contribution in [-0.4, -0.2) is 83.2 Å². The lowest BCUT2D eigenvalue weighted by atomic mass is 9.63. The Kier molecular flexibility index (Phi) is 6.78. The van der Waals surface area contributed by atoms with Gasteiger partial charge in [-0.25, -0.2) is 18.1 Å². The number of amides is 2. The van der Waals surface area contributed by atoms with Crippen LogP contribution >= 0.6 is 0 Å². The molecule has 2 atom stereocenters. The summed E-state index contributed by atoms with van der Waals surface area (Å²) in [7, 11) is -3.34. The molecule has 1 saturated heterocycles. The first-order chi connectivity index (χ1) is 19.2. The highest BCUT2D eigenvalue weighted by molar-refractivity contribution is 7.90. The van der Waals surface area contributed by atoms with Gasteiger partial charge in [0.25, 0.3) is 5.91 Å². The Morgan fingerprint density at radius 3 is 2.67 bits per heavy atom. The van der Waals surface area contributed by atoms with E-state index in [-0.39, 0.29) is 42.8 Å². The van der Waals surface area contributed by atoms with Gasteiger partial charge in [0.05, 0.1) is 41.8 Å². The number of ether oxygens (including phenoxy) is 2. The van der Waals surface area contributed by atoms with E-state index in [0.717, 1.165) is 18.2 Å². The number of hydrogen-bond acceptors (Lipinski definition) is 9. The normalized spacial score (nSPS) is 22.6. The zero-order chi connectivity index (χ0) is 27.9. The average Bonchev–Trinajstić information content (AvgIpc) is 3.53. The van der Waals surface area contributed by atoms with E-state index in [9.17, 15) is 18.0 Å². The van der Waals surface area contributed by atoms with E-state index in [1.807, 2.05) is 0 Å². The van der Waals surface area contributed by atoms with Crippen LogP contribution < -0.4 is 10.1 Å². The minimum Gasteiger partial charge on any atom is -0.489 e. The van der Waals surface area contributed by atoms with Crippen molar-refractivity contribution in [3.8, 4) is 5.75 Å². The fraction of sp³-hybridized carbons (Fsp3) is 0.444. The van der Waals surface area contributed by atoms with Crippen molar-refractivity contribution in [2.75, 3.05) is 26.0 Å². The third-order valence-electron chi connectivity index (χ3n) is 7.92. The van der Waals surface area contributed by atoms with Gasteiger partial charge < -0.3 is 19.7 Å². The molecule has 12 nitrogen and oxygen atoms in total. The number of nitrogens with one attached hydrogen (secondary N) is 1. The van der Waals surface area contributed by atoms with Crippen molar-refractivity contribution < 1.29 is 27.5 Å². The van der Waals surface area contributed by atoms with Gasteiger partial charge in [-0.2, -0.15) is 0 Å². The Morgan fingerprint density at radius 1 is 1.15 bits per heavy atom. The van der Waals surface area contributed by atoms with E-state index in [2.05, 4.69) is 20.6 Å². The molecule has 2 aliphatic heterocycles. The maximum Gasteiger partial charge on any atom is 0.274 e. The predicted molar refractivity (Wildman–Crippen MR) is 141 cm³/mol. The van der Waals surface area contributed by atoms with E-state index >= 15 is 0 Å². The number of nitrogens with zero attached hydrogens (tertiary/aromatic N) is 5. The first-order valence-electron chi connectivity index (χ1n) is 13.2. The van der Waals surface area contributed by atoms with Crippen molar-refractivity contribution in [1.82, 2.24) is 30.2 Å². The number of aromatic nitrogens is 4. The summed E-state index contributed by atoms with van der Waals surface area (Å²) in [6, 6.07) is 9.49. The zero-order valence-electron chi connectivity index (χ0n) is 22.0. The van der Waals surface area contributed by atoms with Gasteiger partial charge in [-0.3, -0.25) is 9.59 Å². The molecule has 40 heavy (non-hydrogen) atoms. The maximum absolute atomic E-state index is 14.0. The van der Waals surface area contributed by atoms with Crippen molar-refractivity contribution in [3.05, 3.63) is 65.7 Å². The lowest BCUT2D eigenvalue weighted by molar-refractivity contribution is -0.140. The predicted octanol–water partition coefficient (Wildman–Crippen LogP) is 1.12. The molecule has 1 aromatic carbocycles. The number of carbonyl (C=O) groups is 2. The van der Waals surface area contributed by atoms with Crippen LogP contribution in [0.5, 0.6) is 5.75 Å². The summed E-state index contributed by atoms with van der Waals surface area (Å²) in [5.41, 5.74) is 0.855. The first kappa shape index (κ1) is 26.4. The van der Waals surface area contributed by atoms with Crippen LogP contribution in [0.3, 0.4) is 0 Å². The van der Waals surface area contributed by atoms with E-state index in [1.165, 1.54) is 6.20 Å². The van der Waals surface area contributed by atoms with Crippen LogP contribution in [0.4, 0.5) is 0 Å². The number of fused-ring (bicyclic) bond motifs is 4. The molecule has 2 amide bonds. The molecular formula is C27H30N6O6S. The van der Waals surface area contributed by atoms with E-state index in [1.54, 1.807) is 52.2 Å². The smallest absolute Gasteiger partial charge is 0.274 e. The van der Waals surface area contributed by atoms with Gasteiger partial charge in [0.15, 0.2) is 21.3 Å². The molecule has 1 aliphatic carbocycles. The summed E-state index contributed by atoms with van der Waals surface area (Å²) in [4.78, 5) is 33.6. The van der Waals surface area contributed by atoms with Gasteiger partial charge in [-0.1, -0.05) is 23.8 Å². The molecule has 3 aromatic rings. The second-order valence-electron chi connectivity index (χ2n) is 10.5. The number of rotatable bonds is 3. The Hall–Kier alpha value is -3.84. The standard InChI is InChI=1S/C27H30N6O6S/c1-40(36,37)20-7-5-18(6-8-20)27(9-3-10-27)26(35)32-15-21-23(16-32)39-17-19-14-33(31-30-19)12-13-38-22-4-2-11-28-24(22)25(34)29-21/h2,4-8,11,14,21,23H,3,9-10,12-13,15-17H2,1H3,(H,29,34)/t21-,23-/m0/s1. The second kappa shape index (κ2) is 10.3. The molecule has 13 heteroatoms. The summed E-state index contributed by atoms with van der Waals surface area (Å²) >= 11 is 0. The summed E-state index contributed by atoms with van der Waals surface area (Å²) < 4.78 is 37.6. The van der Waals surface area contributed by atoms with Crippen LogP contribution in [0.2, 0.25) is 0 Å². The minimum atomic E-state index is -3.34. The van der Waals surface area contributed by atoms with Crippen LogP contribution in [0.25, 0.3) is 0 Å². The topological polar surface area (TPSA) is 146 Å². The van der Waals surface area contributed by atoms with E-state index in [0.29, 0.717) is 30.8 Å². The van der Waals surface area contributed by atoms with Gasteiger partial charge in [0.2, 0.25) is 5.91 Å². The highest BCUT2D eigenvalue weighted by atomic mass is 32.2. The average molecular weight is 567 g/mol. The van der Waals surface area contributed by atoms with Gasteiger partial charge in [0, 0.05) is 25.5 Å². The molecule has 1 saturated carbocycles. The highest BCUT2D eigenvalue weighted by Gasteiger charge is 2.50. The minimum absolute atomic E-state index is 0.0538. The molecule has 0 unspecified atom stereocenters. The summed E-state index contributed by atoms with van der Waals surface area (Å²) in [6.45, 7) is 1.43. The zero-order valence-corrected chi connectivity index (χ0v) is 22.8. The lowest BCUT2D eigenvalue weighted by Crippen LogP contribution is -2.51. The van der Waals surface area contributed by atoms with Crippen molar-refractivity contribution in [2.24, 2.45) is 0 Å².